The standard InChI is InChI=1S/C19H33N9O2/c20-10-15(30)13-22-12-14-2-3-17(18(16(14)11-21)19-23-25-26-24-19)28-5-1-4-27(6-7-28)8-9-29/h2-3,15,22,29-30H,1,4-13,20-21H2,(H,23,24,25,26)/t15-/m1/s1. The summed E-state index contributed by atoms with van der Waals surface area (Å²) in [6, 6.07) is 4.16. The van der Waals surface area contributed by atoms with E-state index in [4.69, 9.17) is 11.5 Å². The highest BCUT2D eigenvalue weighted by molar-refractivity contribution is 5.79. The van der Waals surface area contributed by atoms with E-state index < -0.39 is 6.10 Å². The van der Waals surface area contributed by atoms with Crippen molar-refractivity contribution in [2.45, 2.75) is 25.6 Å². The van der Waals surface area contributed by atoms with Crippen molar-refractivity contribution in [2.24, 2.45) is 11.5 Å². The summed E-state index contributed by atoms with van der Waals surface area (Å²) >= 11 is 0. The monoisotopic (exact) mass is 419 g/mol. The number of H-pyrrole nitrogens is 1. The third-order valence-electron chi connectivity index (χ3n) is 5.47. The first-order valence-corrected chi connectivity index (χ1v) is 10.4. The maximum absolute atomic E-state index is 9.70. The number of hydrogen-bond acceptors (Lipinski definition) is 10. The first-order valence-electron chi connectivity index (χ1n) is 10.4. The number of β-amino-alcohol motifs (C(OH)–C–C–N with tert-alkyl or cyclic N) is 1. The summed E-state index contributed by atoms with van der Waals surface area (Å²) in [5.41, 5.74) is 15.6. The summed E-state index contributed by atoms with van der Waals surface area (Å²) < 4.78 is 0. The second-order valence-electron chi connectivity index (χ2n) is 7.46. The van der Waals surface area contributed by atoms with Crippen molar-refractivity contribution in [1.82, 2.24) is 30.8 Å². The molecule has 2 heterocycles. The van der Waals surface area contributed by atoms with Crippen LogP contribution in [-0.2, 0) is 13.1 Å². The Hall–Kier alpha value is -2.15. The number of benzene rings is 1. The van der Waals surface area contributed by atoms with Crippen molar-refractivity contribution in [1.29, 1.82) is 0 Å². The lowest BCUT2D eigenvalue weighted by Gasteiger charge is -2.27. The molecule has 1 aliphatic rings. The summed E-state index contributed by atoms with van der Waals surface area (Å²) in [7, 11) is 0. The van der Waals surface area contributed by atoms with E-state index in [0.29, 0.717) is 32.0 Å². The molecule has 1 saturated heterocycles. The zero-order chi connectivity index (χ0) is 21.3. The number of tetrazole rings is 1. The molecule has 0 amide bonds. The molecule has 0 spiro atoms. The normalized spacial score (nSPS) is 16.6. The Morgan fingerprint density at radius 2 is 2.07 bits per heavy atom. The Bertz CT molecular complexity index is 772. The van der Waals surface area contributed by atoms with Crippen LogP contribution in [0, 0.1) is 0 Å². The SMILES string of the molecule is NCc1c(CNC[C@H](O)CN)ccc(N2CCCN(CCO)CC2)c1-c1nn[nH]n1. The van der Waals surface area contributed by atoms with Crippen LogP contribution in [0.3, 0.4) is 0 Å². The van der Waals surface area contributed by atoms with Crippen molar-refractivity contribution >= 4 is 5.69 Å². The molecule has 11 nitrogen and oxygen atoms in total. The summed E-state index contributed by atoms with van der Waals surface area (Å²) in [5.74, 6) is 0.519. The van der Waals surface area contributed by atoms with Crippen LogP contribution in [0.5, 0.6) is 0 Å². The van der Waals surface area contributed by atoms with Gasteiger partial charge in [0.1, 0.15) is 0 Å². The summed E-state index contributed by atoms with van der Waals surface area (Å²) in [4.78, 5) is 4.61. The number of aromatic amines is 1. The van der Waals surface area contributed by atoms with Crippen LogP contribution in [0.2, 0.25) is 0 Å². The topological polar surface area (TPSA) is 165 Å². The van der Waals surface area contributed by atoms with Gasteiger partial charge in [-0.15, -0.1) is 10.2 Å². The second-order valence-corrected chi connectivity index (χ2v) is 7.46. The quantitative estimate of drug-likeness (QED) is 0.260. The maximum Gasteiger partial charge on any atom is 0.207 e. The average molecular weight is 420 g/mol. The number of nitrogens with one attached hydrogen (secondary N) is 2. The average Bonchev–Trinajstić information content (AvgIpc) is 3.20. The minimum Gasteiger partial charge on any atom is -0.395 e. The summed E-state index contributed by atoms with van der Waals surface area (Å²) in [5, 5.41) is 36.9. The minimum absolute atomic E-state index is 0.173. The first-order chi connectivity index (χ1) is 14.7. The number of anilines is 1. The number of rotatable bonds is 10. The van der Waals surface area contributed by atoms with Crippen LogP contribution in [0.15, 0.2) is 12.1 Å². The van der Waals surface area contributed by atoms with E-state index in [1.807, 2.05) is 0 Å². The Balaban J connectivity index is 1.89. The lowest BCUT2D eigenvalue weighted by Crippen LogP contribution is -2.33. The highest BCUT2D eigenvalue weighted by atomic mass is 16.3. The molecular weight excluding hydrogens is 386 g/mol. The van der Waals surface area contributed by atoms with E-state index in [-0.39, 0.29) is 13.2 Å². The van der Waals surface area contributed by atoms with Crippen LogP contribution in [0.4, 0.5) is 5.69 Å². The van der Waals surface area contributed by atoms with E-state index in [0.717, 1.165) is 55.0 Å². The van der Waals surface area contributed by atoms with Gasteiger partial charge in [0, 0.05) is 58.0 Å². The van der Waals surface area contributed by atoms with Gasteiger partial charge in [-0.25, -0.2) is 0 Å². The van der Waals surface area contributed by atoms with E-state index in [1.165, 1.54) is 0 Å². The number of hydrogen-bond donors (Lipinski definition) is 6. The highest BCUT2D eigenvalue weighted by Gasteiger charge is 2.23. The molecule has 3 rings (SSSR count). The fraction of sp³-hybridized carbons (Fsp3) is 0.632. The maximum atomic E-state index is 9.70. The third-order valence-corrected chi connectivity index (χ3v) is 5.47. The number of aliphatic hydroxyl groups excluding tert-OH is 2. The van der Waals surface area contributed by atoms with Gasteiger partial charge < -0.3 is 31.9 Å². The first kappa shape index (κ1) is 22.5. The molecule has 1 fully saturated rings. The van der Waals surface area contributed by atoms with E-state index in [2.05, 4.69) is 47.9 Å². The molecule has 0 saturated carbocycles. The molecule has 0 radical (unpaired) electrons. The highest BCUT2D eigenvalue weighted by Crippen LogP contribution is 2.34. The zero-order valence-electron chi connectivity index (χ0n) is 17.3. The molecule has 0 aliphatic carbocycles. The molecule has 1 aliphatic heterocycles. The van der Waals surface area contributed by atoms with E-state index >= 15 is 0 Å². The lowest BCUT2D eigenvalue weighted by molar-refractivity contribution is 0.179. The molecule has 8 N–H and O–H groups in total. The Labute approximate surface area is 176 Å². The van der Waals surface area contributed by atoms with E-state index in [9.17, 15) is 10.2 Å². The van der Waals surface area contributed by atoms with Crippen molar-refractivity contribution < 1.29 is 10.2 Å². The van der Waals surface area contributed by atoms with Gasteiger partial charge in [0.25, 0.3) is 0 Å². The van der Waals surface area contributed by atoms with Gasteiger partial charge in [0.05, 0.1) is 18.3 Å². The van der Waals surface area contributed by atoms with E-state index in [1.54, 1.807) is 0 Å². The van der Waals surface area contributed by atoms with Gasteiger partial charge in [0.2, 0.25) is 5.82 Å². The molecule has 0 unspecified atom stereocenters. The molecule has 1 aromatic heterocycles. The third kappa shape index (κ3) is 5.50. The Morgan fingerprint density at radius 1 is 1.20 bits per heavy atom. The van der Waals surface area contributed by atoms with Crippen LogP contribution in [0.1, 0.15) is 17.5 Å². The molecule has 2 aromatic rings. The van der Waals surface area contributed by atoms with Gasteiger partial charge in [-0.2, -0.15) is 5.21 Å². The molecule has 166 valence electrons. The molecule has 0 bridgehead atoms. The molecule has 1 aromatic carbocycles. The van der Waals surface area contributed by atoms with Crippen molar-refractivity contribution in [3.05, 3.63) is 23.3 Å². The molecule has 30 heavy (non-hydrogen) atoms. The number of aromatic nitrogens is 4. The smallest absolute Gasteiger partial charge is 0.207 e. The van der Waals surface area contributed by atoms with Crippen LogP contribution in [-0.4, -0.2) is 94.3 Å². The number of aliphatic hydroxyl groups is 2. The molecule has 11 heteroatoms. The second kappa shape index (κ2) is 11.3. The predicted octanol–water partition coefficient (Wildman–Crippen LogP) is -1.76. The number of nitrogens with zero attached hydrogens (tertiary/aromatic N) is 5. The van der Waals surface area contributed by atoms with Crippen molar-refractivity contribution in [2.75, 3.05) is 57.3 Å². The van der Waals surface area contributed by atoms with Gasteiger partial charge in [-0.1, -0.05) is 6.07 Å². The fourth-order valence-electron chi connectivity index (χ4n) is 3.89. The zero-order valence-corrected chi connectivity index (χ0v) is 17.3. The largest absolute Gasteiger partial charge is 0.395 e. The summed E-state index contributed by atoms with van der Waals surface area (Å²) in [6.07, 6.45) is 0.422. The van der Waals surface area contributed by atoms with Crippen LogP contribution < -0.4 is 21.7 Å². The Kier molecular flexibility index (Phi) is 8.49. The van der Waals surface area contributed by atoms with Crippen molar-refractivity contribution in [3.8, 4) is 11.4 Å². The Morgan fingerprint density at radius 3 is 2.77 bits per heavy atom. The van der Waals surface area contributed by atoms with Crippen LogP contribution >= 0.6 is 0 Å². The lowest BCUT2D eigenvalue weighted by atomic mass is 9.97. The summed E-state index contributed by atoms with van der Waals surface area (Å²) in [6.45, 7) is 5.96. The fourth-order valence-corrected chi connectivity index (χ4v) is 3.89. The predicted molar refractivity (Wildman–Crippen MR) is 115 cm³/mol. The van der Waals surface area contributed by atoms with Gasteiger partial charge in [-0.05, 0) is 35.4 Å². The molecule has 1 atom stereocenters. The van der Waals surface area contributed by atoms with Gasteiger partial charge in [-0.3, -0.25) is 4.90 Å². The van der Waals surface area contributed by atoms with Crippen LogP contribution in [0.25, 0.3) is 11.4 Å². The number of nitrogens with two attached hydrogens (primary N) is 2. The van der Waals surface area contributed by atoms with Crippen molar-refractivity contribution in [3.63, 3.8) is 0 Å². The van der Waals surface area contributed by atoms with Gasteiger partial charge in [0.15, 0.2) is 0 Å². The minimum atomic E-state index is -0.582. The van der Waals surface area contributed by atoms with Gasteiger partial charge >= 0.3 is 0 Å². The molecular formula is C19H33N9O2.